The van der Waals surface area contributed by atoms with Crippen LogP contribution in [0.1, 0.15) is 31.7 Å². The zero-order valence-corrected chi connectivity index (χ0v) is 12.9. The van der Waals surface area contributed by atoms with E-state index in [9.17, 15) is 9.90 Å². The van der Waals surface area contributed by atoms with E-state index in [0.717, 1.165) is 19.4 Å². The molecule has 1 atom stereocenters. The van der Waals surface area contributed by atoms with Gasteiger partial charge in [0.2, 0.25) is 0 Å². The van der Waals surface area contributed by atoms with Crippen molar-refractivity contribution in [2.45, 2.75) is 38.6 Å². The molecule has 0 spiro atoms. The molecule has 0 heterocycles. The molecule has 4 heteroatoms. The van der Waals surface area contributed by atoms with E-state index in [0.29, 0.717) is 6.42 Å². The van der Waals surface area contributed by atoms with Gasteiger partial charge in [0.25, 0.3) is 0 Å². The summed E-state index contributed by atoms with van der Waals surface area (Å²) in [6.45, 7) is 4.78. The van der Waals surface area contributed by atoms with E-state index < -0.39 is 11.5 Å². The van der Waals surface area contributed by atoms with Gasteiger partial charge in [0.1, 0.15) is 5.54 Å². The molecular formula is C16H26N2O2. The van der Waals surface area contributed by atoms with E-state index in [-0.39, 0.29) is 0 Å². The number of hydrogen-bond acceptors (Lipinski definition) is 3. The fraction of sp³-hybridized carbons (Fsp3) is 0.562. The van der Waals surface area contributed by atoms with Crippen molar-refractivity contribution in [1.82, 2.24) is 5.32 Å². The molecule has 0 radical (unpaired) electrons. The van der Waals surface area contributed by atoms with Gasteiger partial charge in [0.05, 0.1) is 0 Å². The van der Waals surface area contributed by atoms with Crippen molar-refractivity contribution in [2.75, 3.05) is 25.5 Å². The summed E-state index contributed by atoms with van der Waals surface area (Å²) in [6, 6.07) is 8.30. The van der Waals surface area contributed by atoms with E-state index >= 15 is 0 Å². The van der Waals surface area contributed by atoms with Crippen molar-refractivity contribution in [3.63, 3.8) is 0 Å². The number of carboxylic acid groups (broad SMARTS) is 1. The van der Waals surface area contributed by atoms with Crippen LogP contribution >= 0.6 is 0 Å². The molecular weight excluding hydrogens is 252 g/mol. The van der Waals surface area contributed by atoms with E-state index in [4.69, 9.17) is 0 Å². The Morgan fingerprint density at radius 2 is 2.00 bits per heavy atom. The molecule has 1 aromatic rings. The summed E-state index contributed by atoms with van der Waals surface area (Å²) in [4.78, 5) is 13.4. The predicted octanol–water partition coefficient (Wildman–Crippen LogP) is 2.66. The maximum atomic E-state index is 11.2. The lowest BCUT2D eigenvalue weighted by molar-refractivity contribution is -0.144. The molecule has 0 saturated carbocycles. The lowest BCUT2D eigenvalue weighted by Crippen LogP contribution is -2.47. The van der Waals surface area contributed by atoms with Crippen LogP contribution in [0.15, 0.2) is 24.3 Å². The molecule has 20 heavy (non-hydrogen) atoms. The fourth-order valence-corrected chi connectivity index (χ4v) is 2.28. The number of aryl methyl sites for hydroxylation is 1. The first-order valence-electron chi connectivity index (χ1n) is 7.10. The Bertz CT molecular complexity index is 448. The Kier molecular flexibility index (Phi) is 6.02. The monoisotopic (exact) mass is 278 g/mol. The number of rotatable bonds is 8. The Morgan fingerprint density at radius 1 is 1.35 bits per heavy atom. The second kappa shape index (κ2) is 7.29. The molecule has 0 bridgehead atoms. The van der Waals surface area contributed by atoms with E-state index in [1.807, 2.05) is 12.1 Å². The maximum Gasteiger partial charge on any atom is 0.323 e. The first-order valence-corrected chi connectivity index (χ1v) is 7.10. The number of para-hydroxylation sites is 1. The van der Waals surface area contributed by atoms with Gasteiger partial charge in [0, 0.05) is 19.3 Å². The van der Waals surface area contributed by atoms with E-state index in [2.05, 4.69) is 36.3 Å². The number of hydrogen-bond donors (Lipinski definition) is 2. The molecule has 0 fully saturated rings. The largest absolute Gasteiger partial charge is 0.480 e. The normalized spacial score (nSPS) is 13.8. The molecule has 0 aliphatic heterocycles. The van der Waals surface area contributed by atoms with Gasteiger partial charge in [0.15, 0.2) is 0 Å². The van der Waals surface area contributed by atoms with Crippen LogP contribution in [0.4, 0.5) is 5.69 Å². The Morgan fingerprint density at radius 3 is 2.55 bits per heavy atom. The highest BCUT2D eigenvalue weighted by Crippen LogP contribution is 2.19. The Labute approximate surface area is 121 Å². The summed E-state index contributed by atoms with van der Waals surface area (Å²) < 4.78 is 0. The van der Waals surface area contributed by atoms with Crippen LogP contribution in [-0.2, 0) is 4.79 Å². The number of unbranched alkanes of at least 4 members (excludes halogenated alkanes) is 1. The van der Waals surface area contributed by atoms with Gasteiger partial charge in [-0.2, -0.15) is 0 Å². The summed E-state index contributed by atoms with van der Waals surface area (Å²) in [6.07, 6.45) is 2.51. The van der Waals surface area contributed by atoms with Crippen molar-refractivity contribution in [2.24, 2.45) is 0 Å². The van der Waals surface area contributed by atoms with Gasteiger partial charge in [-0.05, 0) is 51.8 Å². The summed E-state index contributed by atoms with van der Waals surface area (Å²) in [7, 11) is 3.78. The number of carboxylic acids is 1. The molecule has 0 amide bonds. The maximum absolute atomic E-state index is 11.2. The number of likely N-dealkylation sites (N-methyl/N-ethyl adjacent to an activating group) is 1. The fourth-order valence-electron chi connectivity index (χ4n) is 2.28. The predicted molar refractivity (Wildman–Crippen MR) is 83.4 cm³/mol. The molecule has 2 N–H and O–H groups in total. The van der Waals surface area contributed by atoms with E-state index in [1.165, 1.54) is 11.3 Å². The highest BCUT2D eigenvalue weighted by molar-refractivity contribution is 5.78. The van der Waals surface area contributed by atoms with Crippen molar-refractivity contribution in [3.05, 3.63) is 29.8 Å². The quantitative estimate of drug-likeness (QED) is 0.718. The van der Waals surface area contributed by atoms with Gasteiger partial charge in [-0.25, -0.2) is 0 Å². The van der Waals surface area contributed by atoms with Crippen LogP contribution in [0.3, 0.4) is 0 Å². The van der Waals surface area contributed by atoms with Crippen molar-refractivity contribution >= 4 is 11.7 Å². The average Bonchev–Trinajstić information content (AvgIpc) is 2.43. The standard InChI is InChI=1S/C16H26N2O2/c1-13-9-5-6-10-14(13)18(4)12-8-7-11-16(2,17-3)15(19)20/h5-6,9-10,17H,7-8,11-12H2,1-4H3,(H,19,20). The third-order valence-electron chi connectivity index (χ3n) is 3.97. The van der Waals surface area contributed by atoms with Gasteiger partial charge in [-0.3, -0.25) is 4.79 Å². The van der Waals surface area contributed by atoms with Gasteiger partial charge in [-0.15, -0.1) is 0 Å². The lowest BCUT2D eigenvalue weighted by atomic mass is 9.95. The number of nitrogens with one attached hydrogen (secondary N) is 1. The lowest BCUT2D eigenvalue weighted by Gasteiger charge is -2.25. The van der Waals surface area contributed by atoms with Crippen LogP contribution in [-0.4, -0.2) is 37.3 Å². The van der Waals surface area contributed by atoms with Gasteiger partial charge in [-0.1, -0.05) is 18.2 Å². The topological polar surface area (TPSA) is 52.6 Å². The third-order valence-corrected chi connectivity index (χ3v) is 3.97. The second-order valence-electron chi connectivity index (χ2n) is 5.55. The summed E-state index contributed by atoms with van der Waals surface area (Å²) in [5.74, 6) is -0.785. The van der Waals surface area contributed by atoms with Gasteiger partial charge < -0.3 is 15.3 Å². The van der Waals surface area contributed by atoms with Crippen LogP contribution in [0.2, 0.25) is 0 Å². The summed E-state index contributed by atoms with van der Waals surface area (Å²) in [5, 5.41) is 12.1. The van der Waals surface area contributed by atoms with E-state index in [1.54, 1.807) is 14.0 Å². The Balaban J connectivity index is 2.42. The third kappa shape index (κ3) is 4.23. The smallest absolute Gasteiger partial charge is 0.323 e. The molecule has 4 nitrogen and oxygen atoms in total. The number of benzene rings is 1. The summed E-state index contributed by atoms with van der Waals surface area (Å²) in [5.41, 5.74) is 1.68. The molecule has 1 unspecified atom stereocenters. The zero-order valence-electron chi connectivity index (χ0n) is 12.9. The van der Waals surface area contributed by atoms with Gasteiger partial charge >= 0.3 is 5.97 Å². The first kappa shape index (κ1) is 16.5. The molecule has 112 valence electrons. The van der Waals surface area contributed by atoms with Crippen LogP contribution in [0, 0.1) is 6.92 Å². The zero-order chi connectivity index (χ0) is 15.2. The number of anilines is 1. The minimum atomic E-state index is -0.818. The first-order chi connectivity index (χ1) is 9.40. The van der Waals surface area contributed by atoms with Crippen molar-refractivity contribution in [3.8, 4) is 0 Å². The van der Waals surface area contributed by atoms with Crippen LogP contribution in [0.25, 0.3) is 0 Å². The van der Waals surface area contributed by atoms with Crippen LogP contribution < -0.4 is 10.2 Å². The average molecular weight is 278 g/mol. The number of aliphatic carboxylic acids is 1. The number of nitrogens with zero attached hydrogens (tertiary/aromatic N) is 1. The second-order valence-corrected chi connectivity index (χ2v) is 5.55. The molecule has 0 saturated heterocycles. The highest BCUT2D eigenvalue weighted by atomic mass is 16.4. The molecule has 0 aliphatic rings. The number of carbonyl (C=O) groups is 1. The molecule has 0 aliphatic carbocycles. The molecule has 1 aromatic carbocycles. The SMILES string of the molecule is CNC(C)(CCCCN(C)c1ccccc1C)C(=O)O. The molecule has 1 rings (SSSR count). The van der Waals surface area contributed by atoms with Crippen molar-refractivity contribution in [1.29, 1.82) is 0 Å². The minimum Gasteiger partial charge on any atom is -0.480 e. The molecule has 0 aromatic heterocycles. The van der Waals surface area contributed by atoms with Crippen molar-refractivity contribution < 1.29 is 9.90 Å². The highest BCUT2D eigenvalue weighted by Gasteiger charge is 2.30. The summed E-state index contributed by atoms with van der Waals surface area (Å²) >= 11 is 0. The minimum absolute atomic E-state index is 0.639. The Hall–Kier alpha value is -1.55. The van der Waals surface area contributed by atoms with Crippen LogP contribution in [0.5, 0.6) is 0 Å².